The molecule has 1 amide bonds. The molecule has 4 aromatic rings. The molecule has 1 aliphatic rings. The second kappa shape index (κ2) is 7.58. The fourth-order valence-electron chi connectivity index (χ4n) is 3.78. The number of halogens is 1. The van der Waals surface area contributed by atoms with Crippen LogP contribution in [0.15, 0.2) is 41.0 Å². The molecular weight excluding hydrogens is 476 g/mol. The molecule has 3 aromatic heterocycles. The van der Waals surface area contributed by atoms with E-state index >= 15 is 0 Å². The summed E-state index contributed by atoms with van der Waals surface area (Å²) in [7, 11) is 0. The van der Waals surface area contributed by atoms with E-state index in [1.807, 2.05) is 42.1 Å². The molecule has 5 rings (SSSR count). The van der Waals surface area contributed by atoms with Crippen LogP contribution in [0.4, 0.5) is 10.8 Å². The second-order valence-corrected chi connectivity index (χ2v) is 9.32. The minimum Gasteiger partial charge on any atom is -0.399 e. The van der Waals surface area contributed by atoms with Gasteiger partial charge in [-0.25, -0.2) is 9.67 Å². The highest BCUT2D eigenvalue weighted by atomic mass is 79.9. The van der Waals surface area contributed by atoms with Crippen LogP contribution in [0.2, 0.25) is 0 Å². The van der Waals surface area contributed by atoms with Gasteiger partial charge in [0.05, 0.1) is 27.6 Å². The average Bonchev–Trinajstić information content (AvgIpc) is 3.29. The van der Waals surface area contributed by atoms with Crippen molar-refractivity contribution in [2.24, 2.45) is 0 Å². The van der Waals surface area contributed by atoms with E-state index in [0.717, 1.165) is 61.8 Å². The molecule has 0 radical (unpaired) electrons. The summed E-state index contributed by atoms with van der Waals surface area (Å²) in [4.78, 5) is 21.7. The van der Waals surface area contributed by atoms with Crippen LogP contribution in [0.1, 0.15) is 23.9 Å². The van der Waals surface area contributed by atoms with Gasteiger partial charge in [0.2, 0.25) is 5.91 Å². The Hall–Kier alpha value is -3.04. The number of amides is 1. The number of carbonyl (C=O) groups is 1. The number of rotatable bonds is 3. The first kappa shape index (κ1) is 19.9. The van der Waals surface area contributed by atoms with Crippen molar-refractivity contribution in [1.82, 2.24) is 19.7 Å². The van der Waals surface area contributed by atoms with E-state index in [-0.39, 0.29) is 5.91 Å². The van der Waals surface area contributed by atoms with Crippen molar-refractivity contribution >= 4 is 44.0 Å². The number of aryl methyl sites for hydroxylation is 2. The number of aromatic nitrogens is 4. The minimum atomic E-state index is -0.132. The zero-order valence-corrected chi connectivity index (χ0v) is 19.3. The van der Waals surface area contributed by atoms with Crippen molar-refractivity contribution < 1.29 is 4.79 Å². The SMILES string of the molecule is CC(=O)Nc1nc2c(s1)-c1c(c(-c3ccc(C)nc3)nn1-c1ccc(N)cc1Br)CC2. The number of nitrogen functional groups attached to an aromatic ring is 1. The number of carbonyl (C=O) groups excluding carboxylic acids is 1. The highest BCUT2D eigenvalue weighted by Gasteiger charge is 2.30. The maximum absolute atomic E-state index is 11.6. The van der Waals surface area contributed by atoms with Gasteiger partial charge in [-0.05, 0) is 66.0 Å². The third-order valence-corrected chi connectivity index (χ3v) is 6.83. The van der Waals surface area contributed by atoms with Crippen LogP contribution in [0, 0.1) is 6.92 Å². The largest absolute Gasteiger partial charge is 0.399 e. The van der Waals surface area contributed by atoms with Crippen molar-refractivity contribution in [2.75, 3.05) is 11.1 Å². The normalized spacial score (nSPS) is 12.4. The van der Waals surface area contributed by atoms with Crippen molar-refractivity contribution in [1.29, 1.82) is 0 Å². The zero-order chi connectivity index (χ0) is 21.7. The van der Waals surface area contributed by atoms with Crippen LogP contribution in [-0.4, -0.2) is 25.7 Å². The molecule has 31 heavy (non-hydrogen) atoms. The van der Waals surface area contributed by atoms with Gasteiger partial charge < -0.3 is 11.1 Å². The predicted octanol–water partition coefficient (Wildman–Crippen LogP) is 4.77. The third-order valence-electron chi connectivity index (χ3n) is 5.18. The number of nitrogens with zero attached hydrogens (tertiary/aromatic N) is 4. The van der Waals surface area contributed by atoms with Gasteiger partial charge in [0, 0.05) is 40.1 Å². The van der Waals surface area contributed by atoms with Gasteiger partial charge >= 0.3 is 0 Å². The highest BCUT2D eigenvalue weighted by Crippen LogP contribution is 2.44. The standard InChI is InChI=1S/C22H19BrN6OS/c1-11-3-4-13(10-25-11)19-15-6-7-17-21(31-22(27-17)26-12(2)30)20(15)29(28-19)18-8-5-14(24)9-16(18)23/h3-5,8-10H,6-7,24H2,1-2H3,(H,26,27,30). The Morgan fingerprint density at radius 1 is 1.26 bits per heavy atom. The molecule has 0 bridgehead atoms. The van der Waals surface area contributed by atoms with E-state index in [1.54, 1.807) is 0 Å². The Bertz CT molecular complexity index is 1320. The lowest BCUT2D eigenvalue weighted by atomic mass is 9.95. The van der Waals surface area contributed by atoms with E-state index in [4.69, 9.17) is 10.8 Å². The van der Waals surface area contributed by atoms with Gasteiger partial charge in [0.1, 0.15) is 0 Å². The van der Waals surface area contributed by atoms with Crippen molar-refractivity contribution in [3.05, 3.63) is 58.0 Å². The summed E-state index contributed by atoms with van der Waals surface area (Å²) in [6.07, 6.45) is 3.46. The summed E-state index contributed by atoms with van der Waals surface area (Å²) in [5, 5.41) is 8.44. The molecule has 0 unspecified atom stereocenters. The van der Waals surface area contributed by atoms with Gasteiger partial charge in [0.15, 0.2) is 5.13 Å². The first-order valence-electron chi connectivity index (χ1n) is 9.78. The summed E-state index contributed by atoms with van der Waals surface area (Å²) < 4.78 is 2.80. The Kier molecular flexibility index (Phi) is 4.86. The van der Waals surface area contributed by atoms with Crippen LogP contribution in [0.25, 0.3) is 27.5 Å². The summed E-state index contributed by atoms with van der Waals surface area (Å²) in [6.45, 7) is 3.46. The van der Waals surface area contributed by atoms with Gasteiger partial charge in [-0.15, -0.1) is 0 Å². The van der Waals surface area contributed by atoms with Gasteiger partial charge in [-0.2, -0.15) is 5.10 Å². The first-order valence-corrected chi connectivity index (χ1v) is 11.4. The molecule has 3 N–H and O–H groups in total. The first-order chi connectivity index (χ1) is 14.9. The molecule has 0 atom stereocenters. The number of anilines is 2. The number of nitrogens with one attached hydrogen (secondary N) is 1. The highest BCUT2D eigenvalue weighted by molar-refractivity contribution is 9.10. The van der Waals surface area contributed by atoms with E-state index in [9.17, 15) is 4.79 Å². The number of nitrogens with two attached hydrogens (primary N) is 1. The van der Waals surface area contributed by atoms with Crippen molar-refractivity contribution in [2.45, 2.75) is 26.7 Å². The summed E-state index contributed by atoms with van der Waals surface area (Å²) in [6, 6.07) is 9.73. The number of benzene rings is 1. The Labute approximate surface area is 191 Å². The van der Waals surface area contributed by atoms with E-state index < -0.39 is 0 Å². The number of thiazole rings is 1. The Balaban J connectivity index is 1.76. The van der Waals surface area contributed by atoms with Crippen LogP contribution in [0.3, 0.4) is 0 Å². The van der Waals surface area contributed by atoms with Crippen LogP contribution < -0.4 is 11.1 Å². The van der Waals surface area contributed by atoms with Crippen LogP contribution in [-0.2, 0) is 17.6 Å². The third kappa shape index (κ3) is 3.53. The molecule has 0 saturated carbocycles. The van der Waals surface area contributed by atoms with Gasteiger partial charge in [0.25, 0.3) is 0 Å². The fourth-order valence-corrected chi connectivity index (χ4v) is 5.46. The topological polar surface area (TPSA) is 98.7 Å². The molecule has 0 aliphatic heterocycles. The predicted molar refractivity (Wildman–Crippen MR) is 126 cm³/mol. The quantitative estimate of drug-likeness (QED) is 0.399. The number of hydrogen-bond acceptors (Lipinski definition) is 6. The molecule has 0 spiro atoms. The number of pyridine rings is 1. The summed E-state index contributed by atoms with van der Waals surface area (Å²) in [5.41, 5.74) is 13.5. The molecule has 156 valence electrons. The van der Waals surface area contributed by atoms with Gasteiger partial charge in [-0.1, -0.05) is 11.3 Å². The number of hydrogen-bond donors (Lipinski definition) is 2. The second-order valence-electron chi connectivity index (χ2n) is 7.46. The molecule has 7 nitrogen and oxygen atoms in total. The molecule has 1 aliphatic carbocycles. The van der Waals surface area contributed by atoms with Crippen LogP contribution >= 0.6 is 27.3 Å². The van der Waals surface area contributed by atoms with E-state index in [0.29, 0.717) is 10.8 Å². The van der Waals surface area contributed by atoms with E-state index in [1.165, 1.54) is 18.3 Å². The summed E-state index contributed by atoms with van der Waals surface area (Å²) >= 11 is 5.12. The average molecular weight is 495 g/mol. The fraction of sp³-hybridized carbons (Fsp3) is 0.182. The lowest BCUT2D eigenvalue weighted by Crippen LogP contribution is -2.07. The molecule has 1 aromatic carbocycles. The maximum Gasteiger partial charge on any atom is 0.223 e. The molecule has 3 heterocycles. The number of fused-ring (bicyclic) bond motifs is 3. The van der Waals surface area contributed by atoms with E-state index in [2.05, 4.69) is 37.3 Å². The minimum absolute atomic E-state index is 0.132. The molecular formula is C22H19BrN6OS. The lowest BCUT2D eigenvalue weighted by molar-refractivity contribution is -0.114. The maximum atomic E-state index is 11.6. The van der Waals surface area contributed by atoms with Crippen LogP contribution in [0.5, 0.6) is 0 Å². The zero-order valence-electron chi connectivity index (χ0n) is 16.9. The summed E-state index contributed by atoms with van der Waals surface area (Å²) in [5.74, 6) is -0.132. The van der Waals surface area contributed by atoms with Crippen molar-refractivity contribution in [3.8, 4) is 27.5 Å². The monoisotopic (exact) mass is 494 g/mol. The molecule has 0 saturated heterocycles. The smallest absolute Gasteiger partial charge is 0.223 e. The molecule has 9 heteroatoms. The van der Waals surface area contributed by atoms with Crippen molar-refractivity contribution in [3.63, 3.8) is 0 Å². The van der Waals surface area contributed by atoms with Gasteiger partial charge in [-0.3, -0.25) is 9.78 Å². The molecule has 0 fully saturated rings. The lowest BCUT2D eigenvalue weighted by Gasteiger charge is -2.15. The Morgan fingerprint density at radius 3 is 2.81 bits per heavy atom. The Morgan fingerprint density at radius 2 is 2.10 bits per heavy atom.